The van der Waals surface area contributed by atoms with E-state index in [1.807, 2.05) is 25.1 Å². The van der Waals surface area contributed by atoms with Crippen LogP contribution in [0, 0.1) is 0 Å². The lowest BCUT2D eigenvalue weighted by Gasteiger charge is -2.13. The molecule has 20 heavy (non-hydrogen) atoms. The molecule has 1 unspecified atom stereocenters. The van der Waals surface area contributed by atoms with E-state index < -0.39 is 6.10 Å². The van der Waals surface area contributed by atoms with Crippen molar-refractivity contribution in [2.75, 3.05) is 6.61 Å². The smallest absolute Gasteiger partial charge is 0.137 e. The zero-order valence-corrected chi connectivity index (χ0v) is 11.6. The monoisotopic (exact) mass is 269 g/mol. The van der Waals surface area contributed by atoms with Gasteiger partial charge in [-0.05, 0) is 42.9 Å². The highest BCUT2D eigenvalue weighted by Gasteiger charge is 2.23. The molecule has 3 nitrogen and oxygen atoms in total. The van der Waals surface area contributed by atoms with Gasteiger partial charge < -0.3 is 9.84 Å². The number of pyridine rings is 1. The lowest BCUT2D eigenvalue weighted by Crippen LogP contribution is -2.02. The Hall–Kier alpha value is -1.87. The second-order valence-electron chi connectivity index (χ2n) is 5.23. The Kier molecular flexibility index (Phi) is 3.70. The predicted molar refractivity (Wildman–Crippen MR) is 77.9 cm³/mol. The summed E-state index contributed by atoms with van der Waals surface area (Å²) in [7, 11) is 0. The van der Waals surface area contributed by atoms with Crippen molar-refractivity contribution in [3.63, 3.8) is 0 Å². The van der Waals surface area contributed by atoms with Crippen molar-refractivity contribution in [1.29, 1.82) is 0 Å². The van der Waals surface area contributed by atoms with Gasteiger partial charge in [0, 0.05) is 11.8 Å². The van der Waals surface area contributed by atoms with Crippen molar-refractivity contribution < 1.29 is 9.84 Å². The molecule has 1 fully saturated rings. The third-order valence-electron chi connectivity index (χ3n) is 3.66. The van der Waals surface area contributed by atoms with E-state index in [1.165, 1.54) is 18.4 Å². The van der Waals surface area contributed by atoms with Crippen molar-refractivity contribution in [3.05, 3.63) is 59.4 Å². The van der Waals surface area contributed by atoms with Crippen LogP contribution in [0.2, 0.25) is 0 Å². The lowest BCUT2D eigenvalue weighted by molar-refractivity contribution is 0.219. The summed E-state index contributed by atoms with van der Waals surface area (Å²) in [6.45, 7) is 2.52. The molecule has 1 aliphatic carbocycles. The van der Waals surface area contributed by atoms with Crippen LogP contribution in [-0.4, -0.2) is 16.7 Å². The fraction of sp³-hybridized carbons (Fsp3) is 0.353. The van der Waals surface area contributed by atoms with Gasteiger partial charge in [0.2, 0.25) is 0 Å². The Bertz CT molecular complexity index is 576. The van der Waals surface area contributed by atoms with Gasteiger partial charge in [0.15, 0.2) is 0 Å². The van der Waals surface area contributed by atoms with Crippen molar-refractivity contribution in [2.45, 2.75) is 31.8 Å². The number of hydrogen-bond donors (Lipinski definition) is 1. The molecule has 3 rings (SSSR count). The summed E-state index contributed by atoms with van der Waals surface area (Å²) in [5, 5.41) is 10.4. The van der Waals surface area contributed by atoms with E-state index in [1.54, 1.807) is 12.4 Å². The van der Waals surface area contributed by atoms with Crippen LogP contribution in [0.4, 0.5) is 0 Å². The first-order chi connectivity index (χ1) is 9.78. The van der Waals surface area contributed by atoms with Crippen molar-refractivity contribution in [1.82, 2.24) is 4.98 Å². The largest absolute Gasteiger partial charge is 0.492 e. The highest BCUT2D eigenvalue weighted by atomic mass is 16.5. The molecule has 1 heterocycles. The number of ether oxygens (including phenoxy) is 1. The first kappa shape index (κ1) is 13.1. The van der Waals surface area contributed by atoms with Crippen molar-refractivity contribution in [3.8, 4) is 5.75 Å². The molecule has 1 aromatic heterocycles. The summed E-state index contributed by atoms with van der Waals surface area (Å²) in [5.41, 5.74) is 3.03. The number of aliphatic hydroxyl groups is 1. The van der Waals surface area contributed by atoms with Crippen LogP contribution in [-0.2, 0) is 0 Å². The predicted octanol–water partition coefficient (Wildman–Crippen LogP) is 3.44. The summed E-state index contributed by atoms with van der Waals surface area (Å²) in [5.74, 6) is 1.43. The standard InChI is InChI=1S/C17H19NO2/c1-2-20-16-9-15(10-18-11-16)17(19)14-7-5-13(6-8-14)12-3-4-12/h5-12,17,19H,2-4H2,1H3. The second kappa shape index (κ2) is 5.63. The molecule has 1 aliphatic rings. The SMILES string of the molecule is CCOc1cncc(C(O)c2ccc(C3CC3)cc2)c1. The summed E-state index contributed by atoms with van der Waals surface area (Å²) in [4.78, 5) is 4.12. The van der Waals surface area contributed by atoms with Gasteiger partial charge in [-0.2, -0.15) is 0 Å². The topological polar surface area (TPSA) is 42.4 Å². The van der Waals surface area contributed by atoms with E-state index in [-0.39, 0.29) is 0 Å². The average Bonchev–Trinajstić information content (AvgIpc) is 3.32. The number of rotatable bonds is 5. The normalized spacial score (nSPS) is 15.9. The highest BCUT2D eigenvalue weighted by molar-refractivity contribution is 5.35. The van der Waals surface area contributed by atoms with Crippen LogP contribution < -0.4 is 4.74 Å². The quantitative estimate of drug-likeness (QED) is 0.904. The van der Waals surface area contributed by atoms with Gasteiger partial charge in [-0.1, -0.05) is 24.3 Å². The van der Waals surface area contributed by atoms with Crippen LogP contribution in [0.25, 0.3) is 0 Å². The molecule has 2 aromatic rings. The molecular weight excluding hydrogens is 250 g/mol. The van der Waals surface area contributed by atoms with Gasteiger partial charge >= 0.3 is 0 Å². The number of benzene rings is 1. The molecule has 1 atom stereocenters. The minimum Gasteiger partial charge on any atom is -0.492 e. The molecule has 0 saturated heterocycles. The first-order valence-electron chi connectivity index (χ1n) is 7.13. The third-order valence-corrected chi connectivity index (χ3v) is 3.66. The summed E-state index contributed by atoms with van der Waals surface area (Å²) < 4.78 is 5.42. The molecule has 0 spiro atoms. The number of aromatic nitrogens is 1. The maximum Gasteiger partial charge on any atom is 0.137 e. The van der Waals surface area contributed by atoms with Crippen molar-refractivity contribution in [2.24, 2.45) is 0 Å². The minimum atomic E-state index is -0.656. The third kappa shape index (κ3) is 2.83. The van der Waals surface area contributed by atoms with Gasteiger partial charge in [0.1, 0.15) is 11.9 Å². The van der Waals surface area contributed by atoms with E-state index in [0.29, 0.717) is 12.4 Å². The van der Waals surface area contributed by atoms with Crippen LogP contribution in [0.15, 0.2) is 42.7 Å². The number of aliphatic hydroxyl groups excluding tert-OH is 1. The Morgan fingerprint density at radius 2 is 1.95 bits per heavy atom. The van der Waals surface area contributed by atoms with Gasteiger partial charge in [-0.15, -0.1) is 0 Å². The van der Waals surface area contributed by atoms with Crippen LogP contribution in [0.1, 0.15) is 48.5 Å². The van der Waals surface area contributed by atoms with Crippen LogP contribution in [0.5, 0.6) is 5.75 Å². The molecular formula is C17H19NO2. The molecule has 0 bridgehead atoms. The zero-order valence-electron chi connectivity index (χ0n) is 11.6. The zero-order chi connectivity index (χ0) is 13.9. The van der Waals surface area contributed by atoms with Crippen LogP contribution >= 0.6 is 0 Å². The Labute approximate surface area is 119 Å². The molecule has 0 radical (unpaired) electrons. The van der Waals surface area contributed by atoms with Gasteiger partial charge in [-0.25, -0.2) is 0 Å². The van der Waals surface area contributed by atoms with Gasteiger partial charge in [0.25, 0.3) is 0 Å². The lowest BCUT2D eigenvalue weighted by atomic mass is 10.0. The summed E-state index contributed by atoms with van der Waals surface area (Å²) in [6, 6.07) is 10.1. The highest BCUT2D eigenvalue weighted by Crippen LogP contribution is 2.40. The molecule has 1 aromatic carbocycles. The Morgan fingerprint density at radius 1 is 1.20 bits per heavy atom. The van der Waals surface area contributed by atoms with Crippen molar-refractivity contribution >= 4 is 0 Å². The van der Waals surface area contributed by atoms with Gasteiger partial charge in [-0.3, -0.25) is 4.98 Å². The van der Waals surface area contributed by atoms with Gasteiger partial charge in [0.05, 0.1) is 12.8 Å². The van der Waals surface area contributed by atoms with E-state index >= 15 is 0 Å². The number of nitrogens with zero attached hydrogens (tertiary/aromatic N) is 1. The fourth-order valence-electron chi connectivity index (χ4n) is 2.39. The molecule has 0 aliphatic heterocycles. The summed E-state index contributed by atoms with van der Waals surface area (Å²) in [6.07, 6.45) is 5.28. The van der Waals surface area contributed by atoms with E-state index in [0.717, 1.165) is 17.0 Å². The maximum atomic E-state index is 10.4. The Balaban J connectivity index is 1.79. The summed E-state index contributed by atoms with van der Waals surface area (Å²) >= 11 is 0. The molecule has 0 amide bonds. The van der Waals surface area contributed by atoms with Crippen LogP contribution in [0.3, 0.4) is 0 Å². The first-order valence-corrected chi connectivity index (χ1v) is 7.13. The molecule has 1 N–H and O–H groups in total. The second-order valence-corrected chi connectivity index (χ2v) is 5.23. The van der Waals surface area contributed by atoms with E-state index in [4.69, 9.17) is 4.74 Å². The molecule has 104 valence electrons. The minimum absolute atomic E-state index is 0.595. The fourth-order valence-corrected chi connectivity index (χ4v) is 2.39. The number of hydrogen-bond acceptors (Lipinski definition) is 3. The maximum absolute atomic E-state index is 10.4. The van der Waals surface area contributed by atoms with E-state index in [2.05, 4.69) is 17.1 Å². The Morgan fingerprint density at radius 3 is 2.60 bits per heavy atom. The average molecular weight is 269 g/mol. The molecule has 3 heteroatoms. The molecule has 1 saturated carbocycles. The van der Waals surface area contributed by atoms with E-state index in [9.17, 15) is 5.11 Å².